The Kier molecular flexibility index (Phi) is 3.77. The minimum absolute atomic E-state index is 0.0839. The summed E-state index contributed by atoms with van der Waals surface area (Å²) in [6, 6.07) is 8.54. The van der Waals surface area contributed by atoms with Crippen LogP contribution in [0.5, 0.6) is 0 Å². The van der Waals surface area contributed by atoms with E-state index in [0.29, 0.717) is 6.54 Å². The zero-order valence-corrected chi connectivity index (χ0v) is 9.60. The van der Waals surface area contributed by atoms with Crippen molar-refractivity contribution in [3.63, 3.8) is 0 Å². The molecule has 0 amide bonds. The second-order valence-corrected chi connectivity index (χ2v) is 3.86. The van der Waals surface area contributed by atoms with E-state index in [1.54, 1.807) is 12.3 Å². The van der Waals surface area contributed by atoms with Crippen molar-refractivity contribution in [2.75, 3.05) is 0 Å². The predicted molar refractivity (Wildman–Crippen MR) is 63.7 cm³/mol. The van der Waals surface area contributed by atoms with Gasteiger partial charge in [0.05, 0.1) is 5.69 Å². The molecule has 0 radical (unpaired) electrons. The molecule has 0 saturated heterocycles. The first kappa shape index (κ1) is 11.7. The fourth-order valence-corrected chi connectivity index (χ4v) is 1.57. The molecule has 3 nitrogen and oxygen atoms in total. The summed E-state index contributed by atoms with van der Waals surface area (Å²) in [6.45, 7) is 2.64. The Morgan fingerprint density at radius 2 is 2.24 bits per heavy atom. The third-order valence-electron chi connectivity index (χ3n) is 2.58. The number of benzene rings is 1. The van der Waals surface area contributed by atoms with Gasteiger partial charge in [-0.3, -0.25) is 0 Å². The van der Waals surface area contributed by atoms with Gasteiger partial charge in [-0.1, -0.05) is 12.1 Å². The molecule has 88 valence electrons. The summed E-state index contributed by atoms with van der Waals surface area (Å²) in [4.78, 5) is 7.97. The summed E-state index contributed by atoms with van der Waals surface area (Å²) < 4.78 is 13.0. The molecule has 1 heterocycles. The van der Waals surface area contributed by atoms with Crippen LogP contribution >= 0.6 is 0 Å². The van der Waals surface area contributed by atoms with Crippen LogP contribution in [0.15, 0.2) is 42.9 Å². The summed E-state index contributed by atoms with van der Waals surface area (Å²) in [6.07, 6.45) is 3.22. The Bertz CT molecular complexity index is 473. The van der Waals surface area contributed by atoms with E-state index >= 15 is 0 Å². The Hall–Kier alpha value is -1.81. The first-order chi connectivity index (χ1) is 8.25. The standard InChI is InChI=1S/C13H14FN3/c1-10(11-3-2-4-12(14)7-11)16-8-13-5-6-15-9-17-13/h2-7,9-10,16H,8H2,1H3. The SMILES string of the molecule is CC(NCc1ccncn1)c1cccc(F)c1. The van der Waals surface area contributed by atoms with Crippen molar-refractivity contribution in [3.8, 4) is 0 Å². The molecule has 1 N–H and O–H groups in total. The van der Waals surface area contributed by atoms with Crippen molar-refractivity contribution < 1.29 is 4.39 Å². The maximum Gasteiger partial charge on any atom is 0.123 e. The highest BCUT2D eigenvalue weighted by Crippen LogP contribution is 2.13. The summed E-state index contributed by atoms with van der Waals surface area (Å²) in [5.41, 5.74) is 1.85. The van der Waals surface area contributed by atoms with Crippen molar-refractivity contribution in [2.24, 2.45) is 0 Å². The molecule has 17 heavy (non-hydrogen) atoms. The highest BCUT2D eigenvalue weighted by atomic mass is 19.1. The minimum Gasteiger partial charge on any atom is -0.305 e. The number of nitrogens with zero attached hydrogens (tertiary/aromatic N) is 2. The summed E-state index contributed by atoms with van der Waals surface area (Å²) in [5, 5.41) is 3.29. The molecule has 1 aromatic heterocycles. The number of halogens is 1. The molecule has 0 fully saturated rings. The van der Waals surface area contributed by atoms with Crippen LogP contribution in [-0.2, 0) is 6.54 Å². The maximum atomic E-state index is 13.0. The van der Waals surface area contributed by atoms with Crippen molar-refractivity contribution in [2.45, 2.75) is 19.5 Å². The molecular formula is C13H14FN3. The van der Waals surface area contributed by atoms with E-state index < -0.39 is 0 Å². The second-order valence-electron chi connectivity index (χ2n) is 3.86. The predicted octanol–water partition coefficient (Wildman–Crippen LogP) is 2.47. The number of rotatable bonds is 4. The molecule has 0 bridgehead atoms. The van der Waals surface area contributed by atoms with Crippen LogP contribution in [0.25, 0.3) is 0 Å². The molecule has 4 heteroatoms. The third kappa shape index (κ3) is 3.32. The van der Waals surface area contributed by atoms with Gasteiger partial charge in [0.2, 0.25) is 0 Å². The second kappa shape index (κ2) is 5.50. The molecular weight excluding hydrogens is 217 g/mol. The van der Waals surface area contributed by atoms with E-state index in [1.165, 1.54) is 18.5 Å². The number of hydrogen-bond acceptors (Lipinski definition) is 3. The highest BCUT2D eigenvalue weighted by Gasteiger charge is 2.05. The highest BCUT2D eigenvalue weighted by molar-refractivity contribution is 5.19. The van der Waals surface area contributed by atoms with E-state index in [9.17, 15) is 4.39 Å². The van der Waals surface area contributed by atoms with Crippen LogP contribution < -0.4 is 5.32 Å². The van der Waals surface area contributed by atoms with E-state index in [1.807, 2.05) is 19.1 Å². The van der Waals surface area contributed by atoms with Gasteiger partial charge in [0.1, 0.15) is 12.1 Å². The molecule has 0 spiro atoms. The maximum absolute atomic E-state index is 13.0. The van der Waals surface area contributed by atoms with E-state index in [2.05, 4.69) is 15.3 Å². The van der Waals surface area contributed by atoms with Crippen LogP contribution in [-0.4, -0.2) is 9.97 Å². The molecule has 2 aromatic rings. The monoisotopic (exact) mass is 231 g/mol. The quantitative estimate of drug-likeness (QED) is 0.878. The van der Waals surface area contributed by atoms with Gasteiger partial charge in [0.15, 0.2) is 0 Å². The van der Waals surface area contributed by atoms with Gasteiger partial charge < -0.3 is 5.32 Å². The van der Waals surface area contributed by atoms with Crippen LogP contribution in [0.3, 0.4) is 0 Å². The normalized spacial score (nSPS) is 12.4. The van der Waals surface area contributed by atoms with Gasteiger partial charge in [-0.05, 0) is 30.7 Å². The van der Waals surface area contributed by atoms with Gasteiger partial charge >= 0.3 is 0 Å². The van der Waals surface area contributed by atoms with Gasteiger partial charge in [-0.2, -0.15) is 0 Å². The molecule has 2 rings (SSSR count). The fraction of sp³-hybridized carbons (Fsp3) is 0.231. The van der Waals surface area contributed by atoms with E-state index in [4.69, 9.17) is 0 Å². The lowest BCUT2D eigenvalue weighted by atomic mass is 10.1. The average molecular weight is 231 g/mol. The molecule has 1 atom stereocenters. The molecule has 0 aliphatic rings. The Morgan fingerprint density at radius 3 is 2.94 bits per heavy atom. The zero-order chi connectivity index (χ0) is 12.1. The Morgan fingerprint density at radius 1 is 1.35 bits per heavy atom. The fourth-order valence-electron chi connectivity index (χ4n) is 1.57. The van der Waals surface area contributed by atoms with E-state index in [-0.39, 0.29) is 11.9 Å². The Balaban J connectivity index is 1.96. The van der Waals surface area contributed by atoms with Crippen LogP contribution in [0.1, 0.15) is 24.2 Å². The lowest BCUT2D eigenvalue weighted by Gasteiger charge is -2.13. The number of nitrogens with one attached hydrogen (secondary N) is 1. The zero-order valence-electron chi connectivity index (χ0n) is 9.60. The number of aromatic nitrogens is 2. The minimum atomic E-state index is -0.210. The first-order valence-corrected chi connectivity index (χ1v) is 5.49. The topological polar surface area (TPSA) is 37.8 Å². The van der Waals surface area contributed by atoms with E-state index in [0.717, 1.165) is 11.3 Å². The third-order valence-corrected chi connectivity index (χ3v) is 2.58. The summed E-state index contributed by atoms with van der Waals surface area (Å²) in [7, 11) is 0. The van der Waals surface area contributed by atoms with Gasteiger partial charge in [0.25, 0.3) is 0 Å². The molecule has 0 aliphatic carbocycles. The van der Waals surface area contributed by atoms with Crippen LogP contribution in [0.4, 0.5) is 4.39 Å². The lowest BCUT2D eigenvalue weighted by molar-refractivity contribution is 0.559. The smallest absolute Gasteiger partial charge is 0.123 e. The van der Waals surface area contributed by atoms with Crippen molar-refractivity contribution in [1.82, 2.24) is 15.3 Å². The first-order valence-electron chi connectivity index (χ1n) is 5.49. The molecule has 1 aromatic carbocycles. The van der Waals surface area contributed by atoms with Crippen molar-refractivity contribution in [1.29, 1.82) is 0 Å². The van der Waals surface area contributed by atoms with Gasteiger partial charge in [-0.25, -0.2) is 14.4 Å². The Labute approximate surface area is 99.7 Å². The molecule has 0 aliphatic heterocycles. The summed E-state index contributed by atoms with van der Waals surface area (Å²) in [5.74, 6) is -0.210. The van der Waals surface area contributed by atoms with Crippen LogP contribution in [0, 0.1) is 5.82 Å². The average Bonchev–Trinajstić information content (AvgIpc) is 2.37. The number of hydrogen-bond donors (Lipinski definition) is 1. The van der Waals surface area contributed by atoms with Crippen molar-refractivity contribution >= 4 is 0 Å². The van der Waals surface area contributed by atoms with Crippen LogP contribution in [0.2, 0.25) is 0 Å². The lowest BCUT2D eigenvalue weighted by Crippen LogP contribution is -2.18. The van der Waals surface area contributed by atoms with Crippen molar-refractivity contribution in [3.05, 3.63) is 59.9 Å². The molecule has 0 saturated carbocycles. The molecule has 1 unspecified atom stereocenters. The summed E-state index contributed by atoms with van der Waals surface area (Å²) >= 11 is 0. The van der Waals surface area contributed by atoms with Gasteiger partial charge in [0, 0.05) is 18.8 Å². The van der Waals surface area contributed by atoms with Gasteiger partial charge in [-0.15, -0.1) is 0 Å². The largest absolute Gasteiger partial charge is 0.305 e.